The number of halogens is 1. The summed E-state index contributed by atoms with van der Waals surface area (Å²) >= 11 is 5.87. The number of benzene rings is 1. The first-order valence-electron chi connectivity index (χ1n) is 6.57. The van der Waals surface area contributed by atoms with Crippen molar-refractivity contribution in [3.63, 3.8) is 0 Å². The van der Waals surface area contributed by atoms with Gasteiger partial charge in [-0.3, -0.25) is 0 Å². The molecule has 20 heavy (non-hydrogen) atoms. The van der Waals surface area contributed by atoms with Crippen molar-refractivity contribution in [2.75, 3.05) is 5.73 Å². The Bertz CT molecular complexity index is 604. The van der Waals surface area contributed by atoms with Gasteiger partial charge in [0.25, 0.3) is 0 Å². The van der Waals surface area contributed by atoms with Gasteiger partial charge in [-0.15, -0.1) is 0 Å². The van der Waals surface area contributed by atoms with Gasteiger partial charge >= 0.3 is 0 Å². The van der Waals surface area contributed by atoms with E-state index < -0.39 is 22.2 Å². The topological polar surface area (TPSA) is 92.4 Å². The second-order valence-electron chi connectivity index (χ2n) is 5.22. The zero-order chi connectivity index (χ0) is 14.9. The first-order chi connectivity index (χ1) is 9.31. The number of sulfonamides is 1. The maximum absolute atomic E-state index is 12.4. The van der Waals surface area contributed by atoms with Crippen molar-refractivity contribution in [2.24, 2.45) is 0 Å². The van der Waals surface area contributed by atoms with Gasteiger partial charge in [0.15, 0.2) is 0 Å². The number of nitrogens with two attached hydrogens (primary N) is 1. The van der Waals surface area contributed by atoms with Gasteiger partial charge < -0.3 is 10.8 Å². The van der Waals surface area contributed by atoms with Gasteiger partial charge in [0, 0.05) is 6.04 Å². The van der Waals surface area contributed by atoms with Crippen LogP contribution in [0.5, 0.6) is 0 Å². The van der Waals surface area contributed by atoms with Crippen molar-refractivity contribution in [1.82, 2.24) is 4.72 Å². The summed E-state index contributed by atoms with van der Waals surface area (Å²) in [5, 5.41) is 10.2. The summed E-state index contributed by atoms with van der Waals surface area (Å²) in [4.78, 5) is 0.108. The number of rotatable bonds is 3. The molecule has 5 nitrogen and oxygen atoms in total. The molecule has 1 aliphatic rings. The molecular weight excluding hydrogens is 300 g/mol. The van der Waals surface area contributed by atoms with E-state index in [1.54, 1.807) is 6.92 Å². The van der Waals surface area contributed by atoms with Crippen LogP contribution in [-0.2, 0) is 10.0 Å². The lowest BCUT2D eigenvalue weighted by atomic mass is 9.93. The second kappa shape index (κ2) is 5.89. The van der Waals surface area contributed by atoms with Crippen molar-refractivity contribution in [2.45, 2.75) is 49.6 Å². The van der Waals surface area contributed by atoms with Crippen LogP contribution >= 0.6 is 11.6 Å². The number of aliphatic hydroxyl groups is 1. The summed E-state index contributed by atoms with van der Waals surface area (Å²) in [6.45, 7) is 1.66. The van der Waals surface area contributed by atoms with E-state index in [2.05, 4.69) is 4.72 Å². The SMILES string of the molecule is Cc1cc(Cl)c(N)cc1S(=O)(=O)NC1CCCCC1O. The van der Waals surface area contributed by atoms with E-state index in [-0.39, 0.29) is 10.6 Å². The molecule has 0 aliphatic heterocycles. The van der Waals surface area contributed by atoms with Gasteiger partial charge in [0.1, 0.15) is 0 Å². The fraction of sp³-hybridized carbons (Fsp3) is 0.538. The van der Waals surface area contributed by atoms with Crippen molar-refractivity contribution in [3.05, 3.63) is 22.7 Å². The van der Waals surface area contributed by atoms with Crippen LogP contribution in [0.25, 0.3) is 0 Å². The number of hydrogen-bond donors (Lipinski definition) is 3. The molecule has 1 saturated carbocycles. The predicted molar refractivity (Wildman–Crippen MR) is 79.2 cm³/mol. The first kappa shape index (κ1) is 15.6. The summed E-state index contributed by atoms with van der Waals surface area (Å²) in [5.41, 5.74) is 6.43. The van der Waals surface area contributed by atoms with Gasteiger partial charge in [0.05, 0.1) is 21.7 Å². The molecule has 2 unspecified atom stereocenters. The Morgan fingerprint density at radius 1 is 1.35 bits per heavy atom. The number of anilines is 1. The van der Waals surface area contributed by atoms with E-state index in [0.717, 1.165) is 12.8 Å². The normalized spacial score (nSPS) is 23.8. The van der Waals surface area contributed by atoms with Crippen LogP contribution < -0.4 is 10.5 Å². The molecule has 0 aromatic heterocycles. The quantitative estimate of drug-likeness (QED) is 0.741. The number of aryl methyl sites for hydroxylation is 1. The molecule has 7 heteroatoms. The standard InChI is InChI=1S/C13H19ClN2O3S/c1-8-6-9(14)10(15)7-13(8)20(18,19)16-11-4-2-3-5-12(11)17/h6-7,11-12,16-17H,2-5,15H2,1H3. The molecule has 2 atom stereocenters. The van der Waals surface area contributed by atoms with Crippen molar-refractivity contribution in [3.8, 4) is 0 Å². The summed E-state index contributed by atoms with van der Waals surface area (Å²) in [5.74, 6) is 0. The van der Waals surface area contributed by atoms with Crippen LogP contribution in [0.15, 0.2) is 17.0 Å². The largest absolute Gasteiger partial charge is 0.397 e. The third-order valence-electron chi connectivity index (χ3n) is 3.62. The highest BCUT2D eigenvalue weighted by Crippen LogP contribution is 2.27. The lowest BCUT2D eigenvalue weighted by Crippen LogP contribution is -2.45. The van der Waals surface area contributed by atoms with Crippen molar-refractivity contribution in [1.29, 1.82) is 0 Å². The highest BCUT2D eigenvalue weighted by atomic mass is 35.5. The van der Waals surface area contributed by atoms with E-state index in [1.807, 2.05) is 0 Å². The third kappa shape index (κ3) is 3.25. The van der Waals surface area contributed by atoms with Crippen LogP contribution in [0.1, 0.15) is 31.2 Å². The fourth-order valence-corrected chi connectivity index (χ4v) is 4.25. The van der Waals surface area contributed by atoms with Gasteiger partial charge in [-0.05, 0) is 37.5 Å². The predicted octanol–water partition coefficient (Wildman–Crippen LogP) is 1.81. The highest BCUT2D eigenvalue weighted by molar-refractivity contribution is 7.89. The number of hydrogen-bond acceptors (Lipinski definition) is 4. The minimum absolute atomic E-state index is 0.108. The molecule has 0 bridgehead atoms. The average Bonchev–Trinajstić information content (AvgIpc) is 2.36. The van der Waals surface area contributed by atoms with Gasteiger partial charge in [0.2, 0.25) is 10.0 Å². The van der Waals surface area contributed by atoms with E-state index in [0.29, 0.717) is 23.4 Å². The summed E-state index contributed by atoms with van der Waals surface area (Å²) in [6.07, 6.45) is 2.46. The molecular formula is C13H19ClN2O3S. The molecule has 0 heterocycles. The summed E-state index contributed by atoms with van der Waals surface area (Å²) in [7, 11) is -3.71. The number of aliphatic hydroxyl groups excluding tert-OH is 1. The molecule has 112 valence electrons. The Balaban J connectivity index is 2.28. The number of nitrogen functional groups attached to an aromatic ring is 1. The maximum atomic E-state index is 12.4. The Hall–Kier alpha value is -0.820. The van der Waals surface area contributed by atoms with E-state index >= 15 is 0 Å². The fourth-order valence-electron chi connectivity index (χ4n) is 2.47. The first-order valence-corrected chi connectivity index (χ1v) is 8.43. The molecule has 1 aromatic rings. The monoisotopic (exact) mass is 318 g/mol. The zero-order valence-electron chi connectivity index (χ0n) is 11.3. The Morgan fingerprint density at radius 2 is 2.00 bits per heavy atom. The minimum atomic E-state index is -3.71. The molecule has 1 aromatic carbocycles. The summed E-state index contributed by atoms with van der Waals surface area (Å²) < 4.78 is 27.4. The third-order valence-corrected chi connectivity index (χ3v) is 5.58. The van der Waals surface area contributed by atoms with Crippen LogP contribution in [-0.4, -0.2) is 25.7 Å². The lowest BCUT2D eigenvalue weighted by molar-refractivity contribution is 0.101. The average molecular weight is 319 g/mol. The minimum Gasteiger partial charge on any atom is -0.397 e. The number of nitrogens with one attached hydrogen (secondary N) is 1. The Kier molecular flexibility index (Phi) is 4.59. The molecule has 0 saturated heterocycles. The maximum Gasteiger partial charge on any atom is 0.241 e. The van der Waals surface area contributed by atoms with Crippen molar-refractivity contribution >= 4 is 27.3 Å². The molecule has 1 fully saturated rings. The van der Waals surface area contributed by atoms with Crippen molar-refractivity contribution < 1.29 is 13.5 Å². The highest BCUT2D eigenvalue weighted by Gasteiger charge is 2.29. The van der Waals surface area contributed by atoms with Crippen LogP contribution in [0.2, 0.25) is 5.02 Å². The van der Waals surface area contributed by atoms with Gasteiger partial charge in [-0.25, -0.2) is 13.1 Å². The Labute approximate surface area is 124 Å². The smallest absolute Gasteiger partial charge is 0.241 e. The Morgan fingerprint density at radius 3 is 2.65 bits per heavy atom. The molecule has 2 rings (SSSR count). The van der Waals surface area contributed by atoms with Crippen LogP contribution in [0.4, 0.5) is 5.69 Å². The van der Waals surface area contributed by atoms with Gasteiger partial charge in [-0.2, -0.15) is 0 Å². The van der Waals surface area contributed by atoms with Gasteiger partial charge in [-0.1, -0.05) is 24.4 Å². The van der Waals surface area contributed by atoms with E-state index in [1.165, 1.54) is 12.1 Å². The van der Waals surface area contributed by atoms with Crippen LogP contribution in [0.3, 0.4) is 0 Å². The molecule has 0 amide bonds. The lowest BCUT2D eigenvalue weighted by Gasteiger charge is -2.28. The van der Waals surface area contributed by atoms with E-state index in [9.17, 15) is 13.5 Å². The molecule has 1 aliphatic carbocycles. The molecule has 0 radical (unpaired) electrons. The van der Waals surface area contributed by atoms with E-state index in [4.69, 9.17) is 17.3 Å². The second-order valence-corrected chi connectivity index (χ2v) is 7.31. The summed E-state index contributed by atoms with van der Waals surface area (Å²) in [6, 6.07) is 2.45. The molecule has 4 N–H and O–H groups in total. The zero-order valence-corrected chi connectivity index (χ0v) is 12.8. The molecule has 0 spiro atoms. The van der Waals surface area contributed by atoms with Crippen LogP contribution in [0, 0.1) is 6.92 Å².